The minimum Gasteiger partial charge on any atom is -0.307 e. The van der Waals surface area contributed by atoms with Gasteiger partial charge >= 0.3 is 0 Å². The van der Waals surface area contributed by atoms with Gasteiger partial charge in [0.05, 0.1) is 12.0 Å². The van der Waals surface area contributed by atoms with Crippen molar-refractivity contribution in [1.29, 1.82) is 0 Å². The minimum absolute atomic E-state index is 0.231. The zero-order chi connectivity index (χ0) is 18.1. The van der Waals surface area contributed by atoms with Gasteiger partial charge in [-0.05, 0) is 30.0 Å². The van der Waals surface area contributed by atoms with Crippen molar-refractivity contribution in [2.24, 2.45) is 0 Å². The largest absolute Gasteiger partial charge is 0.307 e. The third-order valence-corrected chi connectivity index (χ3v) is 6.04. The Morgan fingerprint density at radius 2 is 1.88 bits per heavy atom. The van der Waals surface area contributed by atoms with E-state index in [9.17, 15) is 4.79 Å². The lowest BCUT2D eigenvalue weighted by Gasteiger charge is -2.33. The number of benzene rings is 2. The van der Waals surface area contributed by atoms with Crippen molar-refractivity contribution in [3.8, 4) is 0 Å². The van der Waals surface area contributed by atoms with E-state index in [1.165, 1.54) is 11.1 Å². The number of amides is 1. The normalized spacial score (nSPS) is 25.0. The smallest absolute Gasteiger partial charge is 0.239 e. The summed E-state index contributed by atoms with van der Waals surface area (Å²) < 4.78 is 0. The Bertz CT molecular complexity index is 816. The highest BCUT2D eigenvalue weighted by molar-refractivity contribution is 6.09. The lowest BCUT2D eigenvalue weighted by molar-refractivity contribution is -0.124. The Morgan fingerprint density at radius 3 is 2.62 bits per heavy atom. The number of carbonyl (C=O) groups is 1. The topological polar surface area (TPSA) is 23.6 Å². The van der Waals surface area contributed by atoms with Gasteiger partial charge in [0.2, 0.25) is 5.91 Å². The Hall–Kier alpha value is -2.39. The fourth-order valence-electron chi connectivity index (χ4n) is 4.98. The van der Waals surface area contributed by atoms with Crippen LogP contribution in [-0.2, 0) is 16.8 Å². The Morgan fingerprint density at radius 1 is 1.15 bits per heavy atom. The van der Waals surface area contributed by atoms with Crippen molar-refractivity contribution < 1.29 is 4.79 Å². The molecular weight excluding hydrogens is 320 g/mol. The zero-order valence-electron chi connectivity index (χ0n) is 15.4. The first-order valence-corrected chi connectivity index (χ1v) is 9.52. The molecule has 2 atom stereocenters. The van der Waals surface area contributed by atoms with E-state index in [1.807, 2.05) is 35.2 Å². The molecule has 134 valence electrons. The predicted octanol–water partition coefficient (Wildman–Crippen LogP) is 4.14. The molecule has 1 amide bonds. The van der Waals surface area contributed by atoms with E-state index in [0.29, 0.717) is 6.54 Å². The van der Waals surface area contributed by atoms with Gasteiger partial charge in [0.15, 0.2) is 0 Å². The summed E-state index contributed by atoms with van der Waals surface area (Å²) in [6.07, 6.45) is 3.81. The Kier molecular flexibility index (Phi) is 4.41. The maximum absolute atomic E-state index is 13.8. The molecule has 4 rings (SSSR count). The van der Waals surface area contributed by atoms with Gasteiger partial charge < -0.3 is 4.90 Å². The first-order valence-electron chi connectivity index (χ1n) is 9.52. The van der Waals surface area contributed by atoms with Gasteiger partial charge in [-0.3, -0.25) is 9.69 Å². The number of fused-ring (bicyclic) bond motifs is 2. The molecule has 1 fully saturated rings. The molecule has 3 heteroatoms. The van der Waals surface area contributed by atoms with Crippen molar-refractivity contribution in [3.05, 3.63) is 78.4 Å². The van der Waals surface area contributed by atoms with E-state index in [4.69, 9.17) is 0 Å². The van der Waals surface area contributed by atoms with Crippen LogP contribution in [0, 0.1) is 0 Å². The van der Waals surface area contributed by atoms with E-state index >= 15 is 0 Å². The van der Waals surface area contributed by atoms with Gasteiger partial charge in [-0.2, -0.15) is 0 Å². The molecule has 0 aromatic heterocycles. The predicted molar refractivity (Wildman–Crippen MR) is 106 cm³/mol. The molecule has 0 N–H and O–H groups in total. The third-order valence-electron chi connectivity index (χ3n) is 6.04. The second kappa shape index (κ2) is 6.73. The molecule has 3 nitrogen and oxygen atoms in total. The lowest BCUT2D eigenvalue weighted by atomic mass is 9.74. The van der Waals surface area contributed by atoms with Crippen LogP contribution in [0.4, 0.5) is 5.69 Å². The van der Waals surface area contributed by atoms with Crippen LogP contribution in [0.25, 0.3) is 0 Å². The highest BCUT2D eigenvalue weighted by atomic mass is 16.2. The zero-order valence-corrected chi connectivity index (χ0v) is 15.4. The van der Waals surface area contributed by atoms with E-state index in [-0.39, 0.29) is 11.9 Å². The summed E-state index contributed by atoms with van der Waals surface area (Å²) in [5, 5.41) is 0. The standard InChI is InChI=1S/C23H26N2O/c1-3-15-24-16-14-23(21(24)4-2)19-12-8-9-13-20(19)25(22(23)26)17-18-10-6-5-7-11-18/h3,5-13,21H,1,4,14-17H2,2H3/t21-,23-/m1/s1. The molecule has 2 aliphatic rings. The van der Waals surface area contributed by atoms with Crippen LogP contribution >= 0.6 is 0 Å². The highest BCUT2D eigenvalue weighted by Gasteiger charge is 2.59. The van der Waals surface area contributed by atoms with Gasteiger partial charge in [-0.25, -0.2) is 0 Å². The molecule has 2 aromatic rings. The third kappa shape index (κ3) is 2.42. The van der Waals surface area contributed by atoms with Gasteiger partial charge in [0.1, 0.15) is 0 Å². The van der Waals surface area contributed by atoms with Crippen LogP contribution in [0.2, 0.25) is 0 Å². The number of para-hydroxylation sites is 1. The summed E-state index contributed by atoms with van der Waals surface area (Å²) >= 11 is 0. The second-order valence-corrected chi connectivity index (χ2v) is 7.32. The van der Waals surface area contributed by atoms with E-state index in [1.54, 1.807) is 0 Å². The average molecular weight is 346 g/mol. The molecule has 0 aliphatic carbocycles. The average Bonchev–Trinajstić information content (AvgIpc) is 3.15. The summed E-state index contributed by atoms with van der Waals surface area (Å²) in [7, 11) is 0. The van der Waals surface area contributed by atoms with Gasteiger partial charge in [0.25, 0.3) is 0 Å². The number of anilines is 1. The van der Waals surface area contributed by atoms with E-state index < -0.39 is 5.41 Å². The quantitative estimate of drug-likeness (QED) is 0.760. The van der Waals surface area contributed by atoms with Crippen molar-refractivity contribution in [3.63, 3.8) is 0 Å². The molecule has 26 heavy (non-hydrogen) atoms. The molecular formula is C23H26N2O. The van der Waals surface area contributed by atoms with Crippen molar-refractivity contribution >= 4 is 11.6 Å². The first-order chi connectivity index (χ1) is 12.7. The van der Waals surface area contributed by atoms with Gasteiger partial charge in [-0.15, -0.1) is 6.58 Å². The van der Waals surface area contributed by atoms with Crippen LogP contribution in [0.15, 0.2) is 67.3 Å². The molecule has 0 unspecified atom stereocenters. The molecule has 0 radical (unpaired) electrons. The van der Waals surface area contributed by atoms with Crippen molar-refractivity contribution in [2.75, 3.05) is 18.0 Å². The molecule has 0 saturated carbocycles. The number of likely N-dealkylation sites (tertiary alicyclic amines) is 1. The van der Waals surface area contributed by atoms with E-state index in [0.717, 1.165) is 31.6 Å². The summed E-state index contributed by atoms with van der Waals surface area (Å²) in [4.78, 5) is 18.2. The fourth-order valence-corrected chi connectivity index (χ4v) is 4.98. The second-order valence-electron chi connectivity index (χ2n) is 7.32. The van der Waals surface area contributed by atoms with Gasteiger partial charge in [-0.1, -0.05) is 61.5 Å². The molecule has 2 aromatic carbocycles. The number of hydrogen-bond donors (Lipinski definition) is 0. The Balaban J connectivity index is 1.78. The molecule has 2 heterocycles. The lowest BCUT2D eigenvalue weighted by Crippen LogP contribution is -2.49. The summed E-state index contributed by atoms with van der Waals surface area (Å²) in [5.41, 5.74) is 3.05. The molecule has 1 spiro atoms. The van der Waals surface area contributed by atoms with Crippen LogP contribution in [-0.4, -0.2) is 29.9 Å². The minimum atomic E-state index is -0.414. The maximum atomic E-state index is 13.8. The van der Waals surface area contributed by atoms with Crippen LogP contribution in [0.3, 0.4) is 0 Å². The van der Waals surface area contributed by atoms with Gasteiger partial charge in [0, 0.05) is 24.8 Å². The molecule has 0 bridgehead atoms. The number of hydrogen-bond acceptors (Lipinski definition) is 2. The summed E-state index contributed by atoms with van der Waals surface area (Å²) in [6.45, 7) is 8.53. The van der Waals surface area contributed by atoms with Crippen molar-refractivity contribution in [1.82, 2.24) is 4.90 Å². The van der Waals surface area contributed by atoms with Crippen molar-refractivity contribution in [2.45, 2.75) is 37.8 Å². The fraction of sp³-hybridized carbons (Fsp3) is 0.348. The molecule has 2 aliphatic heterocycles. The highest BCUT2D eigenvalue weighted by Crippen LogP contribution is 2.51. The SMILES string of the molecule is C=CCN1CC[C@]2(C(=O)N(Cc3ccccc3)c3ccccc32)[C@H]1CC. The number of rotatable bonds is 5. The molecule has 1 saturated heterocycles. The first kappa shape index (κ1) is 17.0. The number of nitrogens with zero attached hydrogens (tertiary/aromatic N) is 2. The van der Waals surface area contributed by atoms with Crippen LogP contribution in [0.1, 0.15) is 30.9 Å². The summed E-state index contributed by atoms with van der Waals surface area (Å²) in [5.74, 6) is 0.265. The summed E-state index contributed by atoms with van der Waals surface area (Å²) in [6, 6.07) is 18.9. The van der Waals surface area contributed by atoms with Crippen LogP contribution in [0.5, 0.6) is 0 Å². The van der Waals surface area contributed by atoms with Crippen LogP contribution < -0.4 is 4.90 Å². The Labute approximate surface area is 155 Å². The monoisotopic (exact) mass is 346 g/mol. The van der Waals surface area contributed by atoms with E-state index in [2.05, 4.69) is 48.7 Å². The maximum Gasteiger partial charge on any atom is 0.239 e. The number of carbonyl (C=O) groups excluding carboxylic acids is 1.